The third kappa shape index (κ3) is 4.69. The largest absolute Gasteiger partial charge is 0.471 e. The first-order valence-corrected chi connectivity index (χ1v) is 13.0. The van der Waals surface area contributed by atoms with Gasteiger partial charge in [-0.1, -0.05) is 18.2 Å². The van der Waals surface area contributed by atoms with E-state index in [4.69, 9.17) is 0 Å². The van der Waals surface area contributed by atoms with Crippen LogP contribution in [0.4, 0.5) is 29.2 Å². The second kappa shape index (κ2) is 10.0. The molecule has 0 aliphatic carbocycles. The molecule has 1 aromatic carbocycles. The molecule has 5 heterocycles. The fourth-order valence-electron chi connectivity index (χ4n) is 5.70. The van der Waals surface area contributed by atoms with Gasteiger partial charge in [0.2, 0.25) is 5.95 Å². The van der Waals surface area contributed by atoms with E-state index in [1.165, 1.54) is 6.20 Å². The van der Waals surface area contributed by atoms with Crippen molar-refractivity contribution in [3.05, 3.63) is 71.7 Å². The first-order valence-electron chi connectivity index (χ1n) is 13.0. The van der Waals surface area contributed by atoms with E-state index in [0.717, 1.165) is 16.2 Å². The maximum atomic E-state index is 13.4. The predicted molar refractivity (Wildman–Crippen MR) is 142 cm³/mol. The number of carbonyl (C=O) groups is 1. The quantitative estimate of drug-likeness (QED) is 0.340. The molecule has 210 valence electrons. The number of fused-ring (bicyclic) bond motifs is 3. The van der Waals surface area contributed by atoms with E-state index < -0.39 is 24.8 Å². The molecule has 9 nitrogen and oxygen atoms in total. The standard InChI is InChI=1S/C28H24F4N8O/c1-16(17-4-6-20(7-5-17)39-14-22-9-21(39)15-40(22)26(41)28(30,31)32)36-27-35-12-19(11-33)24(37-27)23-13-34-25-18(10-29)3-2-8-38(23)25/h2-8,12-13,16,21-22H,9-10,14-15H2,1H3,(H,35,36,37)/t16-,21-,22-/m0/s1. The normalized spacial score (nSPS) is 19.0. The third-order valence-electron chi connectivity index (χ3n) is 7.73. The Bertz CT molecular complexity index is 1660. The van der Waals surface area contributed by atoms with Gasteiger partial charge in [-0.2, -0.15) is 18.4 Å². The van der Waals surface area contributed by atoms with Crippen molar-refractivity contribution in [3.63, 3.8) is 0 Å². The number of pyridine rings is 1. The van der Waals surface area contributed by atoms with Crippen molar-refractivity contribution in [2.24, 2.45) is 0 Å². The van der Waals surface area contributed by atoms with Gasteiger partial charge in [0.1, 0.15) is 24.1 Å². The van der Waals surface area contributed by atoms with Crippen molar-refractivity contribution in [2.45, 2.75) is 44.3 Å². The number of hydrogen-bond acceptors (Lipinski definition) is 7. The average Bonchev–Trinajstić information content (AvgIpc) is 3.71. The summed E-state index contributed by atoms with van der Waals surface area (Å²) in [5.41, 5.74) is 3.81. The lowest BCUT2D eigenvalue weighted by Gasteiger charge is -2.36. The maximum Gasteiger partial charge on any atom is 0.471 e. The smallest absolute Gasteiger partial charge is 0.365 e. The Kier molecular flexibility index (Phi) is 6.48. The van der Waals surface area contributed by atoms with Gasteiger partial charge in [-0.3, -0.25) is 9.20 Å². The van der Waals surface area contributed by atoms with Crippen LogP contribution in [-0.2, 0) is 11.5 Å². The number of likely N-dealkylation sites (tertiary alicyclic amines) is 1. The summed E-state index contributed by atoms with van der Waals surface area (Å²) >= 11 is 0. The summed E-state index contributed by atoms with van der Waals surface area (Å²) in [6.45, 7) is 1.67. The van der Waals surface area contributed by atoms with Crippen molar-refractivity contribution in [1.82, 2.24) is 24.3 Å². The molecule has 0 unspecified atom stereocenters. The molecule has 2 saturated heterocycles. The van der Waals surface area contributed by atoms with Gasteiger partial charge in [0, 0.05) is 36.6 Å². The van der Waals surface area contributed by atoms with Gasteiger partial charge in [-0.05, 0) is 37.1 Å². The number of anilines is 2. The average molecular weight is 565 g/mol. The van der Waals surface area contributed by atoms with Crippen molar-refractivity contribution in [2.75, 3.05) is 23.3 Å². The van der Waals surface area contributed by atoms with Gasteiger partial charge < -0.3 is 15.1 Å². The lowest BCUT2D eigenvalue weighted by Crippen LogP contribution is -2.52. The fourth-order valence-corrected chi connectivity index (χ4v) is 5.70. The number of hydrogen-bond donors (Lipinski definition) is 1. The Balaban J connectivity index is 1.17. The predicted octanol–water partition coefficient (Wildman–Crippen LogP) is 4.66. The van der Waals surface area contributed by atoms with Gasteiger partial charge >= 0.3 is 12.1 Å². The number of nitrogens with one attached hydrogen (secondary N) is 1. The lowest BCUT2D eigenvalue weighted by atomic mass is 10.1. The summed E-state index contributed by atoms with van der Waals surface area (Å²) in [7, 11) is 0. The molecular weight excluding hydrogens is 540 g/mol. The molecule has 1 N–H and O–H groups in total. The summed E-state index contributed by atoms with van der Waals surface area (Å²) in [6.07, 6.45) is 0.364. The molecule has 2 aliphatic rings. The van der Waals surface area contributed by atoms with Crippen LogP contribution in [0.1, 0.15) is 36.1 Å². The van der Waals surface area contributed by atoms with E-state index >= 15 is 0 Å². The van der Waals surface area contributed by atoms with Crippen LogP contribution in [-0.4, -0.2) is 61.5 Å². The van der Waals surface area contributed by atoms with Gasteiger partial charge in [-0.15, -0.1) is 0 Å². The number of imidazole rings is 1. The van der Waals surface area contributed by atoms with Crippen molar-refractivity contribution >= 4 is 23.2 Å². The number of benzene rings is 1. The summed E-state index contributed by atoms with van der Waals surface area (Å²) in [4.78, 5) is 27.9. The summed E-state index contributed by atoms with van der Waals surface area (Å²) in [5.74, 6) is -1.47. The summed E-state index contributed by atoms with van der Waals surface area (Å²) < 4.78 is 53.8. The maximum absolute atomic E-state index is 13.4. The van der Waals surface area contributed by atoms with Crippen LogP contribution in [0, 0.1) is 11.3 Å². The highest BCUT2D eigenvalue weighted by Gasteiger charge is 2.52. The zero-order valence-corrected chi connectivity index (χ0v) is 21.8. The number of nitrogens with zero attached hydrogens (tertiary/aromatic N) is 7. The highest BCUT2D eigenvalue weighted by molar-refractivity contribution is 5.83. The molecule has 0 spiro atoms. The Morgan fingerprint density at radius 3 is 2.59 bits per heavy atom. The Morgan fingerprint density at radius 1 is 1.15 bits per heavy atom. The molecule has 1 amide bonds. The van der Waals surface area contributed by atoms with Gasteiger partial charge in [-0.25, -0.2) is 19.3 Å². The Hall–Kier alpha value is -4.73. The number of amides is 1. The number of rotatable bonds is 6. The SMILES string of the molecule is C[C@H](Nc1ncc(C#N)c(-c2cnc3c(CF)cccn23)n1)c1ccc(N2C[C@@H]3C[C@H]2CN3C(=O)C(F)(F)F)cc1. The molecule has 2 fully saturated rings. The van der Waals surface area contributed by atoms with E-state index in [1.54, 1.807) is 28.9 Å². The van der Waals surface area contributed by atoms with E-state index in [0.29, 0.717) is 41.5 Å². The van der Waals surface area contributed by atoms with Crippen LogP contribution < -0.4 is 10.2 Å². The molecule has 3 aromatic heterocycles. The first-order chi connectivity index (χ1) is 19.7. The second-order valence-electron chi connectivity index (χ2n) is 10.2. The summed E-state index contributed by atoms with van der Waals surface area (Å²) in [5, 5.41) is 12.9. The van der Waals surface area contributed by atoms with Crippen molar-refractivity contribution in [1.29, 1.82) is 5.26 Å². The minimum atomic E-state index is -4.86. The number of carbonyl (C=O) groups excluding carboxylic acids is 1. The topological polar surface area (TPSA) is 102 Å². The van der Waals surface area contributed by atoms with Crippen LogP contribution in [0.15, 0.2) is 55.0 Å². The van der Waals surface area contributed by atoms with Crippen LogP contribution in [0.5, 0.6) is 0 Å². The zero-order valence-electron chi connectivity index (χ0n) is 21.8. The minimum absolute atomic E-state index is 0.0582. The van der Waals surface area contributed by atoms with E-state index in [2.05, 4.69) is 26.3 Å². The molecule has 2 bridgehead atoms. The first kappa shape index (κ1) is 26.5. The molecule has 3 atom stereocenters. The van der Waals surface area contributed by atoms with Crippen molar-refractivity contribution in [3.8, 4) is 17.5 Å². The van der Waals surface area contributed by atoms with Crippen LogP contribution in [0.3, 0.4) is 0 Å². The lowest BCUT2D eigenvalue weighted by molar-refractivity contribution is -0.186. The van der Waals surface area contributed by atoms with E-state index in [9.17, 15) is 27.6 Å². The minimum Gasteiger partial charge on any atom is -0.365 e. The molecule has 4 aromatic rings. The highest BCUT2D eigenvalue weighted by atomic mass is 19.4. The molecule has 13 heteroatoms. The number of piperazine rings is 1. The number of halogens is 4. The fraction of sp³-hybridized carbons (Fsp3) is 0.321. The van der Waals surface area contributed by atoms with Crippen LogP contribution in [0.25, 0.3) is 17.0 Å². The molecular formula is C28H24F4N8O. The molecule has 0 saturated carbocycles. The zero-order chi connectivity index (χ0) is 28.9. The van der Waals surface area contributed by atoms with Crippen LogP contribution in [0.2, 0.25) is 0 Å². The summed E-state index contributed by atoms with van der Waals surface area (Å²) in [6, 6.07) is 12.3. The number of nitriles is 1. The molecule has 2 aliphatic heterocycles. The molecule has 6 rings (SSSR count). The molecule has 41 heavy (non-hydrogen) atoms. The van der Waals surface area contributed by atoms with Crippen molar-refractivity contribution < 1.29 is 22.4 Å². The van der Waals surface area contributed by atoms with Gasteiger partial charge in [0.05, 0.1) is 35.7 Å². The Morgan fingerprint density at radius 2 is 1.93 bits per heavy atom. The second-order valence-corrected chi connectivity index (χ2v) is 10.2. The van der Waals surface area contributed by atoms with Crippen LogP contribution >= 0.6 is 0 Å². The highest BCUT2D eigenvalue weighted by Crippen LogP contribution is 2.37. The Labute approximate surface area is 232 Å². The molecule has 0 radical (unpaired) electrons. The number of aromatic nitrogens is 4. The van der Waals surface area contributed by atoms with Gasteiger partial charge in [0.15, 0.2) is 0 Å². The van der Waals surface area contributed by atoms with E-state index in [-0.39, 0.29) is 24.2 Å². The third-order valence-corrected chi connectivity index (χ3v) is 7.73. The monoisotopic (exact) mass is 564 g/mol. The number of alkyl halides is 4. The van der Waals surface area contributed by atoms with Gasteiger partial charge in [0.25, 0.3) is 0 Å². The van der Waals surface area contributed by atoms with E-state index in [1.807, 2.05) is 36.1 Å².